The van der Waals surface area contributed by atoms with Crippen LogP contribution >= 0.6 is 0 Å². The lowest BCUT2D eigenvalue weighted by Crippen LogP contribution is -2.44. The third-order valence-corrected chi connectivity index (χ3v) is 4.17. The zero-order chi connectivity index (χ0) is 16.4. The number of piperazine rings is 1. The quantitative estimate of drug-likeness (QED) is 0.799. The van der Waals surface area contributed by atoms with E-state index in [4.69, 9.17) is 4.52 Å². The second-order valence-corrected chi connectivity index (χ2v) is 5.90. The summed E-state index contributed by atoms with van der Waals surface area (Å²) in [5.41, 5.74) is 3.03. The Labute approximate surface area is 140 Å². The molecule has 0 spiro atoms. The fraction of sp³-hybridized carbons (Fsp3) is 0.278. The predicted molar refractivity (Wildman–Crippen MR) is 92.8 cm³/mol. The van der Waals surface area contributed by atoms with Gasteiger partial charge in [-0.3, -0.25) is 0 Å². The van der Waals surface area contributed by atoms with Gasteiger partial charge in [0.1, 0.15) is 5.82 Å². The van der Waals surface area contributed by atoms with E-state index in [0.29, 0.717) is 11.7 Å². The van der Waals surface area contributed by atoms with Crippen molar-refractivity contribution in [3.05, 3.63) is 48.2 Å². The first-order valence-corrected chi connectivity index (χ1v) is 8.13. The molecule has 1 aliphatic heterocycles. The molecule has 24 heavy (non-hydrogen) atoms. The third kappa shape index (κ3) is 2.88. The van der Waals surface area contributed by atoms with Gasteiger partial charge in [0, 0.05) is 37.9 Å². The fourth-order valence-corrected chi connectivity index (χ4v) is 2.85. The van der Waals surface area contributed by atoms with Gasteiger partial charge in [-0.15, -0.1) is 0 Å². The van der Waals surface area contributed by atoms with E-state index < -0.39 is 0 Å². The second-order valence-electron chi connectivity index (χ2n) is 5.90. The summed E-state index contributed by atoms with van der Waals surface area (Å²) in [7, 11) is 0. The molecule has 122 valence electrons. The minimum absolute atomic E-state index is 0.507. The molecule has 1 N–H and O–H groups in total. The summed E-state index contributed by atoms with van der Waals surface area (Å²) in [5, 5.41) is 7.49. The summed E-state index contributed by atoms with van der Waals surface area (Å²) < 4.78 is 5.52. The first-order chi connectivity index (χ1) is 11.8. The van der Waals surface area contributed by atoms with E-state index in [1.807, 2.05) is 36.4 Å². The van der Waals surface area contributed by atoms with Crippen LogP contribution in [0.25, 0.3) is 22.8 Å². The lowest BCUT2D eigenvalue weighted by atomic mass is 10.1. The van der Waals surface area contributed by atoms with Crippen molar-refractivity contribution >= 4 is 5.82 Å². The minimum Gasteiger partial charge on any atom is -0.353 e. The number of nitrogens with zero attached hydrogens (tertiary/aromatic N) is 4. The molecule has 1 fully saturated rings. The highest BCUT2D eigenvalue weighted by atomic mass is 16.5. The zero-order valence-electron chi connectivity index (χ0n) is 13.6. The van der Waals surface area contributed by atoms with E-state index in [0.717, 1.165) is 43.1 Å². The number of benzene rings is 1. The molecule has 3 aromatic rings. The number of nitrogens with one attached hydrogen (secondary N) is 1. The van der Waals surface area contributed by atoms with Crippen LogP contribution in [-0.2, 0) is 0 Å². The van der Waals surface area contributed by atoms with Gasteiger partial charge in [-0.05, 0) is 19.1 Å². The van der Waals surface area contributed by atoms with Gasteiger partial charge in [0.05, 0.1) is 5.56 Å². The van der Waals surface area contributed by atoms with E-state index in [1.54, 1.807) is 6.20 Å². The average molecular weight is 321 g/mol. The molecular formula is C18H19N5O. The molecule has 1 saturated heterocycles. The highest BCUT2D eigenvalue weighted by molar-refractivity contribution is 5.71. The maximum absolute atomic E-state index is 5.52. The van der Waals surface area contributed by atoms with Gasteiger partial charge >= 0.3 is 0 Å². The Kier molecular flexibility index (Phi) is 3.96. The molecule has 3 heterocycles. The van der Waals surface area contributed by atoms with Crippen LogP contribution in [-0.4, -0.2) is 41.3 Å². The van der Waals surface area contributed by atoms with Gasteiger partial charge in [-0.1, -0.05) is 35.0 Å². The molecule has 0 saturated carbocycles. The van der Waals surface area contributed by atoms with Crippen molar-refractivity contribution in [2.45, 2.75) is 6.92 Å². The molecule has 6 nitrogen and oxygen atoms in total. The lowest BCUT2D eigenvalue weighted by molar-refractivity contribution is 0.432. The highest BCUT2D eigenvalue weighted by Crippen LogP contribution is 2.29. The molecule has 1 aromatic carbocycles. The van der Waals surface area contributed by atoms with Crippen LogP contribution in [0.15, 0.2) is 47.1 Å². The van der Waals surface area contributed by atoms with E-state index in [2.05, 4.69) is 32.3 Å². The van der Waals surface area contributed by atoms with Gasteiger partial charge in [-0.2, -0.15) is 4.98 Å². The van der Waals surface area contributed by atoms with Gasteiger partial charge in [-0.25, -0.2) is 4.98 Å². The summed E-state index contributed by atoms with van der Waals surface area (Å²) in [4.78, 5) is 11.4. The molecule has 0 atom stereocenters. The monoisotopic (exact) mass is 321 g/mol. The largest absolute Gasteiger partial charge is 0.353 e. The number of hydrogen-bond acceptors (Lipinski definition) is 6. The Morgan fingerprint density at radius 2 is 1.88 bits per heavy atom. The molecule has 1 aliphatic rings. The summed E-state index contributed by atoms with van der Waals surface area (Å²) in [6.45, 7) is 5.80. The lowest BCUT2D eigenvalue weighted by Gasteiger charge is -2.29. The smallest absolute Gasteiger partial charge is 0.261 e. The van der Waals surface area contributed by atoms with Crippen molar-refractivity contribution in [3.63, 3.8) is 0 Å². The van der Waals surface area contributed by atoms with E-state index in [1.165, 1.54) is 5.56 Å². The maximum atomic E-state index is 5.52. The summed E-state index contributed by atoms with van der Waals surface area (Å²) in [6, 6.07) is 12.0. The Morgan fingerprint density at radius 1 is 1.08 bits per heavy atom. The Morgan fingerprint density at radius 3 is 2.67 bits per heavy atom. The number of hydrogen-bond donors (Lipinski definition) is 1. The average Bonchev–Trinajstić information content (AvgIpc) is 3.13. The molecule has 0 radical (unpaired) electrons. The highest BCUT2D eigenvalue weighted by Gasteiger charge is 2.20. The number of anilines is 1. The molecule has 6 heteroatoms. The fourth-order valence-electron chi connectivity index (χ4n) is 2.85. The van der Waals surface area contributed by atoms with E-state index in [-0.39, 0.29) is 0 Å². The van der Waals surface area contributed by atoms with Crippen molar-refractivity contribution in [1.82, 2.24) is 20.4 Å². The van der Waals surface area contributed by atoms with Crippen LogP contribution < -0.4 is 10.2 Å². The van der Waals surface area contributed by atoms with Gasteiger partial charge < -0.3 is 14.7 Å². The van der Waals surface area contributed by atoms with Crippen molar-refractivity contribution in [1.29, 1.82) is 0 Å². The van der Waals surface area contributed by atoms with Crippen molar-refractivity contribution in [3.8, 4) is 22.8 Å². The minimum atomic E-state index is 0.507. The summed E-state index contributed by atoms with van der Waals surface area (Å²) >= 11 is 0. The van der Waals surface area contributed by atoms with Gasteiger partial charge in [0.25, 0.3) is 5.89 Å². The number of aryl methyl sites for hydroxylation is 1. The van der Waals surface area contributed by atoms with Crippen LogP contribution in [0.5, 0.6) is 0 Å². The second kappa shape index (κ2) is 6.41. The van der Waals surface area contributed by atoms with Crippen LogP contribution in [0.4, 0.5) is 5.82 Å². The standard InChI is InChI=1S/C18H19N5O/c1-13-4-6-14(7-5-13)16-21-18(24-22-16)15-3-2-8-20-17(15)23-11-9-19-10-12-23/h2-8,19H,9-12H2,1H3. The third-order valence-electron chi connectivity index (χ3n) is 4.17. The Bertz CT molecular complexity index is 821. The summed E-state index contributed by atoms with van der Waals surface area (Å²) in [6.07, 6.45) is 1.80. The topological polar surface area (TPSA) is 67.1 Å². The number of pyridine rings is 1. The van der Waals surface area contributed by atoms with Gasteiger partial charge in [0.2, 0.25) is 5.82 Å². The molecule has 0 unspecified atom stereocenters. The molecular weight excluding hydrogens is 302 g/mol. The zero-order valence-corrected chi connectivity index (χ0v) is 13.6. The normalized spacial score (nSPS) is 14.8. The van der Waals surface area contributed by atoms with Crippen LogP contribution in [0.2, 0.25) is 0 Å². The van der Waals surface area contributed by atoms with Crippen molar-refractivity contribution in [2.24, 2.45) is 0 Å². The molecule has 0 amide bonds. The van der Waals surface area contributed by atoms with Crippen molar-refractivity contribution in [2.75, 3.05) is 31.1 Å². The number of aromatic nitrogens is 3. The molecule has 2 aromatic heterocycles. The Hall–Kier alpha value is -2.73. The predicted octanol–water partition coefficient (Wildman–Crippen LogP) is 2.52. The van der Waals surface area contributed by atoms with Crippen LogP contribution in [0.1, 0.15) is 5.56 Å². The molecule has 4 rings (SSSR count). The van der Waals surface area contributed by atoms with Crippen LogP contribution in [0.3, 0.4) is 0 Å². The maximum Gasteiger partial charge on any atom is 0.261 e. The van der Waals surface area contributed by atoms with E-state index >= 15 is 0 Å². The number of rotatable bonds is 3. The molecule has 0 bridgehead atoms. The van der Waals surface area contributed by atoms with E-state index in [9.17, 15) is 0 Å². The first-order valence-electron chi connectivity index (χ1n) is 8.13. The molecule has 0 aliphatic carbocycles. The Balaban J connectivity index is 1.68. The van der Waals surface area contributed by atoms with Crippen LogP contribution in [0, 0.1) is 6.92 Å². The van der Waals surface area contributed by atoms with Gasteiger partial charge in [0.15, 0.2) is 0 Å². The SMILES string of the molecule is Cc1ccc(-c2noc(-c3cccnc3N3CCNCC3)n2)cc1. The van der Waals surface area contributed by atoms with Crippen molar-refractivity contribution < 1.29 is 4.52 Å². The first kappa shape index (κ1) is 14.8. The summed E-state index contributed by atoms with van der Waals surface area (Å²) in [5.74, 6) is 2.01.